The summed E-state index contributed by atoms with van der Waals surface area (Å²) in [5, 5.41) is 0.0705. The van der Waals surface area contributed by atoms with Crippen LogP contribution in [0.5, 0.6) is 5.75 Å². The predicted molar refractivity (Wildman–Crippen MR) is 76.0 cm³/mol. The maximum Gasteiger partial charge on any atom is 0.222 e. The molecule has 0 radical (unpaired) electrons. The molecule has 1 atom stereocenters. The number of hydrogen-bond donors (Lipinski definition) is 0. The first kappa shape index (κ1) is 14.0. The number of carbonyl (C=O) groups is 1. The molecule has 0 aliphatic rings. The molecule has 0 fully saturated rings. The summed E-state index contributed by atoms with van der Waals surface area (Å²) in [6.45, 7) is 0. The smallest absolute Gasteiger partial charge is 0.222 e. The molecule has 0 bridgehead atoms. The molecular formula is C13H10BrClN2O2. The van der Waals surface area contributed by atoms with E-state index in [0.717, 1.165) is 0 Å². The maximum absolute atomic E-state index is 12.3. The highest BCUT2D eigenvalue weighted by Crippen LogP contribution is 2.32. The number of hydrogen-bond acceptors (Lipinski definition) is 4. The van der Waals surface area contributed by atoms with Crippen molar-refractivity contribution >= 4 is 33.3 Å². The van der Waals surface area contributed by atoms with E-state index in [1.165, 1.54) is 13.3 Å². The number of Topliss-reactive ketones (excluding diaryl/α,β-unsaturated/α-hetero) is 1. The molecule has 0 N–H and O–H groups in total. The second kappa shape index (κ2) is 6.12. The van der Waals surface area contributed by atoms with Gasteiger partial charge in [-0.2, -0.15) is 0 Å². The maximum atomic E-state index is 12.3. The Morgan fingerprint density at radius 1 is 1.37 bits per heavy atom. The normalized spacial score (nSPS) is 11.9. The molecule has 1 unspecified atom stereocenters. The van der Waals surface area contributed by atoms with Gasteiger partial charge in [0.1, 0.15) is 10.5 Å². The highest BCUT2D eigenvalue weighted by Gasteiger charge is 2.24. The van der Waals surface area contributed by atoms with Gasteiger partial charge in [-0.1, -0.05) is 46.3 Å². The molecule has 4 nitrogen and oxygen atoms in total. The van der Waals surface area contributed by atoms with E-state index in [-0.39, 0.29) is 11.1 Å². The second-order valence-electron chi connectivity index (χ2n) is 3.69. The van der Waals surface area contributed by atoms with Crippen molar-refractivity contribution in [3.8, 4) is 5.75 Å². The zero-order valence-electron chi connectivity index (χ0n) is 10.0. The lowest BCUT2D eigenvalue weighted by Gasteiger charge is -2.12. The molecule has 2 aromatic rings. The summed E-state index contributed by atoms with van der Waals surface area (Å²) in [4.78, 5) is 19.6. The van der Waals surface area contributed by atoms with Crippen LogP contribution in [-0.2, 0) is 0 Å². The Morgan fingerprint density at radius 2 is 2.05 bits per heavy atom. The second-order valence-corrected chi connectivity index (χ2v) is 4.94. The molecule has 6 heteroatoms. The molecule has 2 rings (SSSR count). The first-order valence-corrected chi connectivity index (χ1v) is 6.72. The van der Waals surface area contributed by atoms with Gasteiger partial charge in [-0.15, -0.1) is 0 Å². The number of nitrogens with zero attached hydrogens (tertiary/aromatic N) is 2. The number of halogens is 2. The predicted octanol–water partition coefficient (Wildman–Crippen LogP) is 3.46. The Hall–Kier alpha value is -1.46. The quantitative estimate of drug-likeness (QED) is 0.485. The third-order valence-corrected chi connectivity index (χ3v) is 3.53. The fraction of sp³-hybridized carbons (Fsp3) is 0.154. The largest absolute Gasteiger partial charge is 0.493 e. The number of aromatic nitrogens is 2. The minimum absolute atomic E-state index is 0.0705. The Labute approximate surface area is 123 Å². The fourth-order valence-corrected chi connectivity index (χ4v) is 2.31. The van der Waals surface area contributed by atoms with Crippen LogP contribution in [0.4, 0.5) is 0 Å². The van der Waals surface area contributed by atoms with E-state index >= 15 is 0 Å². The van der Waals surface area contributed by atoms with Gasteiger partial charge in [0.05, 0.1) is 13.3 Å². The average Bonchev–Trinajstić information content (AvgIpc) is 2.46. The van der Waals surface area contributed by atoms with Crippen molar-refractivity contribution in [1.29, 1.82) is 0 Å². The van der Waals surface area contributed by atoms with Crippen LogP contribution in [0.1, 0.15) is 20.9 Å². The van der Waals surface area contributed by atoms with E-state index < -0.39 is 4.83 Å². The van der Waals surface area contributed by atoms with Gasteiger partial charge in [-0.3, -0.25) is 4.79 Å². The third kappa shape index (κ3) is 3.11. The number of alkyl halides is 1. The molecule has 0 amide bonds. The molecule has 1 aromatic heterocycles. The van der Waals surface area contributed by atoms with Crippen molar-refractivity contribution in [3.05, 3.63) is 53.1 Å². The van der Waals surface area contributed by atoms with E-state index in [1.54, 1.807) is 24.3 Å². The van der Waals surface area contributed by atoms with Crippen molar-refractivity contribution in [1.82, 2.24) is 9.97 Å². The van der Waals surface area contributed by atoms with E-state index in [0.29, 0.717) is 17.0 Å². The fourth-order valence-electron chi connectivity index (χ4n) is 1.57. The summed E-state index contributed by atoms with van der Waals surface area (Å²) in [6.07, 6.45) is 1.44. The molecule has 0 saturated carbocycles. The molecule has 0 saturated heterocycles. The van der Waals surface area contributed by atoms with Gasteiger partial charge in [-0.05, 0) is 11.6 Å². The van der Waals surface area contributed by atoms with E-state index in [1.807, 2.05) is 6.07 Å². The number of carbonyl (C=O) groups excluding carboxylic acids is 1. The van der Waals surface area contributed by atoms with Gasteiger partial charge in [0.25, 0.3) is 0 Å². The van der Waals surface area contributed by atoms with Crippen molar-refractivity contribution < 1.29 is 9.53 Å². The highest BCUT2D eigenvalue weighted by molar-refractivity contribution is 9.09. The van der Waals surface area contributed by atoms with Crippen molar-refractivity contribution in [2.45, 2.75) is 4.83 Å². The first-order valence-electron chi connectivity index (χ1n) is 5.43. The van der Waals surface area contributed by atoms with E-state index in [4.69, 9.17) is 16.3 Å². The topological polar surface area (TPSA) is 52.1 Å². The van der Waals surface area contributed by atoms with Crippen LogP contribution >= 0.6 is 27.5 Å². The van der Waals surface area contributed by atoms with Crippen LogP contribution < -0.4 is 4.74 Å². The molecule has 1 aromatic carbocycles. The monoisotopic (exact) mass is 340 g/mol. The number of benzene rings is 1. The number of rotatable bonds is 4. The van der Waals surface area contributed by atoms with Gasteiger partial charge >= 0.3 is 0 Å². The van der Waals surface area contributed by atoms with Crippen LogP contribution in [0.3, 0.4) is 0 Å². The number of methoxy groups -OCH3 is 1. The lowest BCUT2D eigenvalue weighted by molar-refractivity contribution is 0.0989. The number of ether oxygens (including phenoxy) is 1. The summed E-state index contributed by atoms with van der Waals surface area (Å²) in [7, 11) is 1.49. The lowest BCUT2D eigenvalue weighted by atomic mass is 10.1. The minimum Gasteiger partial charge on any atom is -0.493 e. The zero-order chi connectivity index (χ0) is 13.8. The lowest BCUT2D eigenvalue weighted by Crippen LogP contribution is -2.10. The van der Waals surface area contributed by atoms with Crippen LogP contribution in [-0.4, -0.2) is 22.9 Å². The van der Waals surface area contributed by atoms with Gasteiger partial charge < -0.3 is 4.74 Å². The summed E-state index contributed by atoms with van der Waals surface area (Å²) < 4.78 is 5.14. The molecular weight excluding hydrogens is 332 g/mol. The first-order chi connectivity index (χ1) is 9.13. The van der Waals surface area contributed by atoms with Crippen LogP contribution in [0, 0.1) is 0 Å². The van der Waals surface area contributed by atoms with Gasteiger partial charge in [0.2, 0.25) is 5.28 Å². The van der Waals surface area contributed by atoms with Crippen LogP contribution in [0.2, 0.25) is 5.28 Å². The van der Waals surface area contributed by atoms with Crippen molar-refractivity contribution in [3.63, 3.8) is 0 Å². The molecule has 0 aliphatic carbocycles. The van der Waals surface area contributed by atoms with Gasteiger partial charge in [0, 0.05) is 5.56 Å². The standard InChI is InChI=1S/C13H10BrClN2O2/c1-19-9-7-16-13(15)17-11(9)10(14)12(18)8-5-3-2-4-6-8/h2-7,10H,1H3. The third-order valence-electron chi connectivity index (χ3n) is 2.50. The van der Waals surface area contributed by atoms with Gasteiger partial charge in [0.15, 0.2) is 11.5 Å². The summed E-state index contributed by atoms with van der Waals surface area (Å²) in [5.41, 5.74) is 0.998. The average molecular weight is 342 g/mol. The molecule has 0 aliphatic heterocycles. The zero-order valence-corrected chi connectivity index (χ0v) is 12.4. The SMILES string of the molecule is COc1cnc(Cl)nc1C(Br)C(=O)c1ccccc1. The van der Waals surface area contributed by atoms with Crippen molar-refractivity contribution in [2.75, 3.05) is 7.11 Å². The summed E-state index contributed by atoms with van der Waals surface area (Å²) in [6, 6.07) is 8.94. The van der Waals surface area contributed by atoms with Crippen molar-refractivity contribution in [2.24, 2.45) is 0 Å². The Morgan fingerprint density at radius 3 is 2.68 bits per heavy atom. The highest BCUT2D eigenvalue weighted by atomic mass is 79.9. The molecule has 1 heterocycles. The van der Waals surface area contributed by atoms with Crippen LogP contribution in [0.15, 0.2) is 36.5 Å². The molecule has 19 heavy (non-hydrogen) atoms. The van der Waals surface area contributed by atoms with E-state index in [9.17, 15) is 4.79 Å². The Kier molecular flexibility index (Phi) is 4.50. The molecule has 98 valence electrons. The molecule has 0 spiro atoms. The summed E-state index contributed by atoms with van der Waals surface area (Å²) >= 11 is 9.09. The van der Waals surface area contributed by atoms with Gasteiger partial charge in [-0.25, -0.2) is 9.97 Å². The van der Waals surface area contributed by atoms with E-state index in [2.05, 4.69) is 25.9 Å². The van der Waals surface area contributed by atoms with Crippen LogP contribution in [0.25, 0.3) is 0 Å². The minimum atomic E-state index is -0.634. The number of ketones is 1. The Bertz CT molecular complexity index is 592. The summed E-state index contributed by atoms with van der Waals surface area (Å²) in [5.74, 6) is 0.296. The Balaban J connectivity index is 2.36.